The number of morpholine rings is 1. The van der Waals surface area contributed by atoms with Crippen LogP contribution in [0.5, 0.6) is 0 Å². The van der Waals surface area contributed by atoms with Crippen molar-refractivity contribution in [1.82, 2.24) is 20.0 Å². The van der Waals surface area contributed by atoms with Gasteiger partial charge in [0.1, 0.15) is 0 Å². The molecule has 1 saturated heterocycles. The van der Waals surface area contributed by atoms with Crippen molar-refractivity contribution >= 4 is 0 Å². The Morgan fingerprint density at radius 2 is 2.15 bits per heavy atom. The standard InChI is InChI=1S/C15H28N4O/c1-5-16-9-15-12(3)17-19(13(15)4)11-14-10-18(6-2)7-8-20-14/h14,16H,5-11H2,1-4H3. The molecule has 5 nitrogen and oxygen atoms in total. The van der Waals surface area contributed by atoms with Gasteiger partial charge in [-0.15, -0.1) is 0 Å². The van der Waals surface area contributed by atoms with E-state index in [9.17, 15) is 0 Å². The molecular formula is C15H28N4O. The van der Waals surface area contributed by atoms with Gasteiger partial charge in [0.15, 0.2) is 0 Å². The van der Waals surface area contributed by atoms with Gasteiger partial charge in [-0.2, -0.15) is 5.10 Å². The third-order valence-electron chi connectivity index (χ3n) is 4.13. The van der Waals surface area contributed by atoms with E-state index in [0.29, 0.717) is 0 Å². The van der Waals surface area contributed by atoms with E-state index < -0.39 is 0 Å². The van der Waals surface area contributed by atoms with Crippen molar-refractivity contribution in [2.75, 3.05) is 32.8 Å². The molecule has 1 aromatic rings. The van der Waals surface area contributed by atoms with Crippen molar-refractivity contribution in [3.63, 3.8) is 0 Å². The quantitative estimate of drug-likeness (QED) is 0.854. The van der Waals surface area contributed by atoms with Gasteiger partial charge in [0, 0.05) is 30.9 Å². The molecule has 5 heteroatoms. The first-order valence-electron chi connectivity index (χ1n) is 7.73. The van der Waals surface area contributed by atoms with Gasteiger partial charge in [0.05, 0.1) is 24.9 Å². The molecule has 1 unspecified atom stereocenters. The third kappa shape index (κ3) is 3.59. The number of likely N-dealkylation sites (N-methyl/N-ethyl adjacent to an activating group) is 1. The van der Waals surface area contributed by atoms with Crippen molar-refractivity contribution in [3.05, 3.63) is 17.0 Å². The zero-order valence-corrected chi connectivity index (χ0v) is 13.3. The van der Waals surface area contributed by atoms with Gasteiger partial charge in [-0.1, -0.05) is 13.8 Å². The van der Waals surface area contributed by atoms with Crippen LogP contribution in [0.25, 0.3) is 0 Å². The topological polar surface area (TPSA) is 42.3 Å². The Balaban J connectivity index is 2.02. The first-order valence-corrected chi connectivity index (χ1v) is 7.73. The fourth-order valence-corrected chi connectivity index (χ4v) is 2.79. The summed E-state index contributed by atoms with van der Waals surface area (Å²) in [6.45, 7) is 15.3. The Hall–Kier alpha value is -0.910. The lowest BCUT2D eigenvalue weighted by Gasteiger charge is -2.32. The molecule has 114 valence electrons. The fraction of sp³-hybridized carbons (Fsp3) is 0.800. The molecule has 20 heavy (non-hydrogen) atoms. The monoisotopic (exact) mass is 280 g/mol. The minimum Gasteiger partial charge on any atom is -0.374 e. The molecule has 1 fully saturated rings. The highest BCUT2D eigenvalue weighted by molar-refractivity contribution is 5.24. The van der Waals surface area contributed by atoms with Crippen LogP contribution in [0, 0.1) is 13.8 Å². The largest absolute Gasteiger partial charge is 0.374 e. The molecule has 2 rings (SSSR count). The predicted octanol–water partition coefficient (Wildman–Crippen LogP) is 1.33. The van der Waals surface area contributed by atoms with E-state index in [4.69, 9.17) is 4.74 Å². The van der Waals surface area contributed by atoms with E-state index in [0.717, 1.165) is 51.6 Å². The van der Waals surface area contributed by atoms with Gasteiger partial charge in [-0.25, -0.2) is 0 Å². The first kappa shape index (κ1) is 15.5. The SMILES string of the molecule is CCNCc1c(C)nn(CC2CN(CC)CCO2)c1C. The smallest absolute Gasteiger partial charge is 0.0898 e. The molecule has 0 aliphatic carbocycles. The normalized spacial score (nSPS) is 20.5. The second-order valence-electron chi connectivity index (χ2n) is 5.50. The van der Waals surface area contributed by atoms with E-state index in [2.05, 4.69) is 47.7 Å². The van der Waals surface area contributed by atoms with Gasteiger partial charge >= 0.3 is 0 Å². The molecule has 1 N–H and O–H groups in total. The number of aromatic nitrogens is 2. The average Bonchev–Trinajstić information content (AvgIpc) is 2.72. The van der Waals surface area contributed by atoms with Crippen LogP contribution in [0.15, 0.2) is 0 Å². The van der Waals surface area contributed by atoms with Crippen LogP contribution in [-0.2, 0) is 17.8 Å². The lowest BCUT2D eigenvalue weighted by Crippen LogP contribution is -2.44. The fourth-order valence-electron chi connectivity index (χ4n) is 2.79. The summed E-state index contributed by atoms with van der Waals surface area (Å²) in [6, 6.07) is 0. The number of ether oxygens (including phenoxy) is 1. The first-order chi connectivity index (χ1) is 9.65. The summed E-state index contributed by atoms with van der Waals surface area (Å²) in [4.78, 5) is 2.44. The number of nitrogens with one attached hydrogen (secondary N) is 1. The summed E-state index contributed by atoms with van der Waals surface area (Å²) in [5, 5.41) is 8.07. The number of nitrogens with zero attached hydrogens (tertiary/aromatic N) is 3. The Kier molecular flexibility index (Phi) is 5.57. The molecule has 1 aliphatic rings. The Morgan fingerprint density at radius 3 is 2.85 bits per heavy atom. The molecule has 0 spiro atoms. The average molecular weight is 280 g/mol. The van der Waals surface area contributed by atoms with Gasteiger partial charge in [-0.05, 0) is 26.9 Å². The van der Waals surface area contributed by atoms with Crippen LogP contribution in [0.3, 0.4) is 0 Å². The van der Waals surface area contributed by atoms with Crippen molar-refractivity contribution in [2.45, 2.75) is 46.9 Å². The Labute approximate surface area is 122 Å². The van der Waals surface area contributed by atoms with E-state index >= 15 is 0 Å². The molecule has 0 radical (unpaired) electrons. The van der Waals surface area contributed by atoms with Crippen molar-refractivity contribution < 1.29 is 4.74 Å². The van der Waals surface area contributed by atoms with Gasteiger partial charge in [-0.3, -0.25) is 9.58 Å². The predicted molar refractivity (Wildman–Crippen MR) is 80.9 cm³/mol. The van der Waals surface area contributed by atoms with Crippen LogP contribution in [0.1, 0.15) is 30.8 Å². The summed E-state index contributed by atoms with van der Waals surface area (Å²) < 4.78 is 8.00. The van der Waals surface area contributed by atoms with Crippen LogP contribution in [0.2, 0.25) is 0 Å². The van der Waals surface area contributed by atoms with E-state index in [1.807, 2.05) is 0 Å². The Bertz CT molecular complexity index is 430. The maximum absolute atomic E-state index is 5.88. The Morgan fingerprint density at radius 1 is 1.35 bits per heavy atom. The van der Waals surface area contributed by atoms with Gasteiger partial charge < -0.3 is 10.1 Å². The summed E-state index contributed by atoms with van der Waals surface area (Å²) in [7, 11) is 0. The second kappa shape index (κ2) is 7.20. The minimum absolute atomic E-state index is 0.258. The van der Waals surface area contributed by atoms with Crippen LogP contribution in [-0.4, -0.2) is 53.6 Å². The molecular weight excluding hydrogens is 252 g/mol. The van der Waals surface area contributed by atoms with Gasteiger partial charge in [0.25, 0.3) is 0 Å². The van der Waals surface area contributed by atoms with Crippen LogP contribution in [0.4, 0.5) is 0 Å². The maximum atomic E-state index is 5.88. The lowest BCUT2D eigenvalue weighted by atomic mass is 10.2. The number of aryl methyl sites for hydroxylation is 1. The summed E-state index contributed by atoms with van der Waals surface area (Å²) in [6.07, 6.45) is 0.258. The maximum Gasteiger partial charge on any atom is 0.0898 e. The van der Waals surface area contributed by atoms with Crippen molar-refractivity contribution in [3.8, 4) is 0 Å². The zero-order chi connectivity index (χ0) is 14.5. The number of hydrogen-bond donors (Lipinski definition) is 1. The number of hydrogen-bond acceptors (Lipinski definition) is 4. The molecule has 1 aromatic heterocycles. The minimum atomic E-state index is 0.258. The molecule has 0 aromatic carbocycles. The van der Waals surface area contributed by atoms with Crippen molar-refractivity contribution in [2.24, 2.45) is 0 Å². The summed E-state index contributed by atoms with van der Waals surface area (Å²) in [5.74, 6) is 0. The molecule has 2 heterocycles. The van der Waals surface area contributed by atoms with Crippen molar-refractivity contribution in [1.29, 1.82) is 0 Å². The summed E-state index contributed by atoms with van der Waals surface area (Å²) >= 11 is 0. The molecule has 0 bridgehead atoms. The highest BCUT2D eigenvalue weighted by Crippen LogP contribution is 2.15. The van der Waals surface area contributed by atoms with E-state index in [1.54, 1.807) is 0 Å². The summed E-state index contributed by atoms with van der Waals surface area (Å²) in [5.41, 5.74) is 3.72. The molecule has 0 saturated carbocycles. The zero-order valence-electron chi connectivity index (χ0n) is 13.3. The molecule has 0 amide bonds. The lowest BCUT2D eigenvalue weighted by molar-refractivity contribution is -0.0360. The molecule has 1 atom stereocenters. The van der Waals surface area contributed by atoms with Crippen LogP contribution < -0.4 is 5.32 Å². The van der Waals surface area contributed by atoms with E-state index in [1.165, 1.54) is 11.3 Å². The highest BCUT2D eigenvalue weighted by Gasteiger charge is 2.21. The number of rotatable bonds is 6. The van der Waals surface area contributed by atoms with E-state index in [-0.39, 0.29) is 6.10 Å². The molecule has 1 aliphatic heterocycles. The third-order valence-corrected chi connectivity index (χ3v) is 4.13. The van der Waals surface area contributed by atoms with Gasteiger partial charge in [0.2, 0.25) is 0 Å². The highest BCUT2D eigenvalue weighted by atomic mass is 16.5. The second-order valence-corrected chi connectivity index (χ2v) is 5.50. The van der Waals surface area contributed by atoms with Crippen LogP contribution >= 0.6 is 0 Å².